The van der Waals surface area contributed by atoms with Crippen molar-refractivity contribution in [2.45, 2.75) is 45.6 Å². The first kappa shape index (κ1) is 26.7. The van der Waals surface area contributed by atoms with E-state index < -0.39 is 0 Å². The number of fused-ring (bicyclic) bond motifs is 1. The van der Waals surface area contributed by atoms with Crippen molar-refractivity contribution >= 4 is 31.1 Å². The van der Waals surface area contributed by atoms with Crippen LogP contribution in [0.5, 0.6) is 0 Å². The van der Waals surface area contributed by atoms with Crippen molar-refractivity contribution in [1.82, 2.24) is 10.2 Å². The number of aldehydes is 1. The van der Waals surface area contributed by atoms with Gasteiger partial charge in [-0.05, 0) is 79.8 Å². The van der Waals surface area contributed by atoms with Crippen LogP contribution in [0.15, 0.2) is 60.3 Å². The van der Waals surface area contributed by atoms with Crippen LogP contribution in [0.25, 0.3) is 0 Å². The van der Waals surface area contributed by atoms with Crippen molar-refractivity contribution in [2.75, 3.05) is 19.6 Å². The molecule has 1 N–H and O–H groups in total. The molecular weight excluding hydrogens is 439 g/mol. The normalized spacial score (nSPS) is 27.1. The molecule has 4 rings (SSSR count). The Bertz CT molecular complexity index is 820. The Hall–Kier alpha value is -1.55. The van der Waals surface area contributed by atoms with E-state index in [1.165, 1.54) is 29.5 Å². The first-order chi connectivity index (χ1) is 14.7. The van der Waals surface area contributed by atoms with Crippen LogP contribution in [0.1, 0.15) is 43.2 Å². The largest absolute Gasteiger partial charge is 0.391 e. The minimum Gasteiger partial charge on any atom is -0.391 e. The lowest BCUT2D eigenvalue weighted by Gasteiger charge is -2.41. The second-order valence-corrected chi connectivity index (χ2v) is 9.28. The predicted molar refractivity (Wildman–Crippen MR) is 138 cm³/mol. The number of benzene rings is 1. The second-order valence-electron chi connectivity index (χ2n) is 9.28. The van der Waals surface area contributed by atoms with Crippen molar-refractivity contribution in [1.29, 1.82) is 0 Å². The molecule has 0 spiro atoms. The van der Waals surface area contributed by atoms with Gasteiger partial charge < -0.3 is 10.1 Å². The van der Waals surface area contributed by atoms with Crippen LogP contribution in [0.4, 0.5) is 0 Å². The van der Waals surface area contributed by atoms with Gasteiger partial charge in [0.15, 0.2) is 0 Å². The highest BCUT2D eigenvalue weighted by Gasteiger charge is 2.33. The number of piperidine rings is 1. The predicted octanol–water partition coefficient (Wildman–Crippen LogP) is 5.88. The number of carbonyl (C=O) groups is 1. The standard InChI is InChI=1S/C27H36N2O.2ClH/c1-21-6-2-3-8-26(21)19-29-16-13-23(7-4-5-17-30)27(20-29)25-10-9-22-11-14-28-15-12-24(22)18-25;;/h2-3,6,8-10,12,15,17-18,22-24,27-28H,4-5,7,11,13-14,16,19-20H2,1H3;2*1H. The molecule has 5 heteroatoms. The van der Waals surface area contributed by atoms with Gasteiger partial charge in [0.05, 0.1) is 0 Å². The van der Waals surface area contributed by atoms with Gasteiger partial charge in [-0.25, -0.2) is 0 Å². The number of hydrogen-bond acceptors (Lipinski definition) is 3. The molecule has 2 aliphatic heterocycles. The Balaban J connectivity index is 0.00000181. The molecule has 0 amide bonds. The van der Waals surface area contributed by atoms with E-state index >= 15 is 0 Å². The molecule has 176 valence electrons. The van der Waals surface area contributed by atoms with Crippen LogP contribution >= 0.6 is 24.8 Å². The maximum atomic E-state index is 10.9. The molecule has 1 aromatic carbocycles. The smallest absolute Gasteiger partial charge is 0.119 e. The molecule has 4 atom stereocenters. The summed E-state index contributed by atoms with van der Waals surface area (Å²) in [6.07, 6.45) is 18.3. The summed E-state index contributed by atoms with van der Waals surface area (Å²) in [6, 6.07) is 8.78. The van der Waals surface area contributed by atoms with E-state index in [4.69, 9.17) is 0 Å². The lowest BCUT2D eigenvalue weighted by molar-refractivity contribution is -0.108. The van der Waals surface area contributed by atoms with Gasteiger partial charge in [0.2, 0.25) is 0 Å². The fourth-order valence-corrected chi connectivity index (χ4v) is 5.44. The lowest BCUT2D eigenvalue weighted by Crippen LogP contribution is -2.41. The van der Waals surface area contributed by atoms with E-state index in [2.05, 4.69) is 71.9 Å². The van der Waals surface area contributed by atoms with Crippen LogP contribution in [-0.4, -0.2) is 30.8 Å². The summed E-state index contributed by atoms with van der Waals surface area (Å²) in [5.41, 5.74) is 4.35. The number of hydrogen-bond donors (Lipinski definition) is 1. The molecule has 3 aliphatic rings. The molecule has 1 aromatic rings. The summed E-state index contributed by atoms with van der Waals surface area (Å²) >= 11 is 0. The van der Waals surface area contributed by atoms with Gasteiger partial charge in [0, 0.05) is 32.0 Å². The number of nitrogens with one attached hydrogen (secondary N) is 1. The van der Waals surface area contributed by atoms with E-state index in [9.17, 15) is 4.79 Å². The van der Waals surface area contributed by atoms with E-state index in [0.29, 0.717) is 30.1 Å². The summed E-state index contributed by atoms with van der Waals surface area (Å²) in [5.74, 6) is 2.39. The van der Waals surface area contributed by atoms with Crippen molar-refractivity contribution in [2.24, 2.45) is 23.7 Å². The quantitative estimate of drug-likeness (QED) is 0.393. The fraction of sp³-hybridized carbons (Fsp3) is 0.519. The molecule has 1 saturated heterocycles. The Morgan fingerprint density at radius 1 is 1.16 bits per heavy atom. The third-order valence-electron chi connectivity index (χ3n) is 7.29. The van der Waals surface area contributed by atoms with Crippen LogP contribution in [0, 0.1) is 30.6 Å². The zero-order chi connectivity index (χ0) is 20.8. The highest BCUT2D eigenvalue weighted by Crippen LogP contribution is 2.38. The molecular formula is C27H38Cl2N2O. The van der Waals surface area contributed by atoms with Crippen LogP contribution in [-0.2, 0) is 11.3 Å². The number of carbonyl (C=O) groups excluding carboxylic acids is 1. The molecule has 32 heavy (non-hydrogen) atoms. The number of rotatable bonds is 7. The summed E-state index contributed by atoms with van der Waals surface area (Å²) in [5, 5.41) is 3.40. The maximum Gasteiger partial charge on any atom is 0.119 e. The highest BCUT2D eigenvalue weighted by atomic mass is 35.5. The summed E-state index contributed by atoms with van der Waals surface area (Å²) in [7, 11) is 0. The van der Waals surface area contributed by atoms with Gasteiger partial charge in [0.25, 0.3) is 0 Å². The molecule has 2 heterocycles. The summed E-state index contributed by atoms with van der Waals surface area (Å²) < 4.78 is 0. The van der Waals surface area contributed by atoms with E-state index in [-0.39, 0.29) is 24.8 Å². The number of nitrogens with zero attached hydrogens (tertiary/aromatic N) is 1. The SMILES string of the molecule is Cc1ccccc1CN1CCC(CCCC=O)C(C2=CC3C=CNCCC3C=C2)C1.Cl.Cl. The molecule has 1 fully saturated rings. The molecule has 1 aliphatic carbocycles. The molecule has 4 unspecified atom stereocenters. The number of aryl methyl sites for hydroxylation is 1. The van der Waals surface area contributed by atoms with Crippen LogP contribution in [0.3, 0.4) is 0 Å². The zero-order valence-electron chi connectivity index (χ0n) is 19.1. The number of unbranched alkanes of at least 4 members (excludes halogenated alkanes) is 1. The van der Waals surface area contributed by atoms with E-state index in [0.717, 1.165) is 45.3 Å². The van der Waals surface area contributed by atoms with Gasteiger partial charge in [-0.1, -0.05) is 48.6 Å². The van der Waals surface area contributed by atoms with Crippen molar-refractivity contribution in [3.05, 3.63) is 71.5 Å². The van der Waals surface area contributed by atoms with Crippen molar-refractivity contribution < 1.29 is 4.79 Å². The van der Waals surface area contributed by atoms with Gasteiger partial charge in [-0.3, -0.25) is 4.90 Å². The monoisotopic (exact) mass is 476 g/mol. The summed E-state index contributed by atoms with van der Waals surface area (Å²) in [4.78, 5) is 13.5. The zero-order valence-corrected chi connectivity index (χ0v) is 20.8. The molecule has 0 radical (unpaired) electrons. The van der Waals surface area contributed by atoms with Gasteiger partial charge in [0.1, 0.15) is 6.29 Å². The number of likely N-dealkylation sites (tertiary alicyclic amines) is 1. The third-order valence-corrected chi connectivity index (χ3v) is 7.29. The third kappa shape index (κ3) is 6.73. The van der Waals surface area contributed by atoms with Gasteiger partial charge in [-0.2, -0.15) is 0 Å². The molecule has 0 bridgehead atoms. The molecule has 0 aromatic heterocycles. The molecule has 0 saturated carbocycles. The first-order valence-corrected chi connectivity index (χ1v) is 11.7. The van der Waals surface area contributed by atoms with Crippen LogP contribution in [0.2, 0.25) is 0 Å². The highest BCUT2D eigenvalue weighted by molar-refractivity contribution is 5.85. The summed E-state index contributed by atoms with van der Waals surface area (Å²) in [6.45, 7) is 6.60. The lowest BCUT2D eigenvalue weighted by atomic mass is 9.73. The molecule has 3 nitrogen and oxygen atoms in total. The van der Waals surface area contributed by atoms with Gasteiger partial charge >= 0.3 is 0 Å². The van der Waals surface area contributed by atoms with Crippen LogP contribution < -0.4 is 5.32 Å². The Morgan fingerprint density at radius 2 is 2.00 bits per heavy atom. The topological polar surface area (TPSA) is 32.3 Å². The van der Waals surface area contributed by atoms with E-state index in [1.807, 2.05) is 0 Å². The van der Waals surface area contributed by atoms with Gasteiger partial charge in [-0.15, -0.1) is 24.8 Å². The maximum absolute atomic E-state index is 10.9. The fourth-order valence-electron chi connectivity index (χ4n) is 5.44. The number of allylic oxidation sites excluding steroid dienone is 4. The van der Waals surface area contributed by atoms with Crippen molar-refractivity contribution in [3.8, 4) is 0 Å². The number of halogens is 2. The first-order valence-electron chi connectivity index (χ1n) is 11.7. The second kappa shape index (κ2) is 13.2. The average Bonchev–Trinajstić information content (AvgIpc) is 3.01. The van der Waals surface area contributed by atoms with E-state index in [1.54, 1.807) is 0 Å². The van der Waals surface area contributed by atoms with Crippen molar-refractivity contribution in [3.63, 3.8) is 0 Å². The Labute approximate surface area is 206 Å². The Kier molecular flexibility index (Phi) is 11.0. The Morgan fingerprint density at radius 3 is 2.81 bits per heavy atom. The minimum atomic E-state index is 0. The average molecular weight is 478 g/mol. The minimum absolute atomic E-state index is 0.